The second-order valence-corrected chi connectivity index (χ2v) is 7.79. The van der Waals surface area contributed by atoms with Crippen molar-refractivity contribution >= 4 is 39.9 Å². The number of rotatable bonds is 1. The number of carbonyl (C=O) groups excluding carboxylic acids is 1. The van der Waals surface area contributed by atoms with Crippen LogP contribution in [0.2, 0.25) is 5.02 Å². The van der Waals surface area contributed by atoms with Crippen LogP contribution < -0.4 is 10.2 Å². The summed E-state index contributed by atoms with van der Waals surface area (Å²) in [6.45, 7) is 2.56. The standard InChI is InChI=1S/C23H17ClN4O/c1-2-27-19-12-11-14(24)13-16(19)23(22(27)29)26-17-8-4-3-7-15(17)21-25-18-9-5-6-10-20(18)28(21)23/h3-13,26H,2H2,1H3. The monoisotopic (exact) mass is 400 g/mol. The van der Waals surface area contributed by atoms with E-state index < -0.39 is 5.66 Å². The molecule has 0 radical (unpaired) electrons. The fraction of sp³-hybridized carbons (Fsp3) is 0.130. The zero-order valence-electron chi connectivity index (χ0n) is 15.7. The van der Waals surface area contributed by atoms with Gasteiger partial charge in [0, 0.05) is 28.4 Å². The van der Waals surface area contributed by atoms with Crippen molar-refractivity contribution in [2.45, 2.75) is 12.6 Å². The lowest BCUT2D eigenvalue weighted by Gasteiger charge is -2.38. The molecular weight excluding hydrogens is 384 g/mol. The third-order valence-corrected chi connectivity index (χ3v) is 6.12. The Morgan fingerprint density at radius 2 is 1.86 bits per heavy atom. The highest BCUT2D eigenvalue weighted by Gasteiger charge is 2.56. The number of benzene rings is 3. The van der Waals surface area contributed by atoms with Crippen molar-refractivity contribution in [1.82, 2.24) is 9.55 Å². The highest BCUT2D eigenvalue weighted by Crippen LogP contribution is 2.51. The first-order valence-electron chi connectivity index (χ1n) is 9.62. The number of para-hydroxylation sites is 3. The van der Waals surface area contributed by atoms with Gasteiger partial charge in [0.1, 0.15) is 5.82 Å². The van der Waals surface area contributed by atoms with Crippen LogP contribution in [-0.4, -0.2) is 22.0 Å². The van der Waals surface area contributed by atoms with Gasteiger partial charge < -0.3 is 10.2 Å². The molecule has 29 heavy (non-hydrogen) atoms. The summed E-state index contributed by atoms with van der Waals surface area (Å²) >= 11 is 6.40. The molecule has 1 N–H and O–H groups in total. The van der Waals surface area contributed by atoms with E-state index in [1.54, 1.807) is 0 Å². The Morgan fingerprint density at radius 3 is 2.72 bits per heavy atom. The maximum atomic E-state index is 14.0. The molecule has 142 valence electrons. The number of hydrogen-bond acceptors (Lipinski definition) is 3. The summed E-state index contributed by atoms with van der Waals surface area (Å²) in [7, 11) is 0. The predicted molar refractivity (Wildman–Crippen MR) is 115 cm³/mol. The van der Waals surface area contributed by atoms with E-state index in [2.05, 4.69) is 5.32 Å². The van der Waals surface area contributed by atoms with Gasteiger partial charge >= 0.3 is 0 Å². The van der Waals surface area contributed by atoms with Gasteiger partial charge in [0.25, 0.3) is 5.91 Å². The summed E-state index contributed by atoms with van der Waals surface area (Å²) < 4.78 is 2.04. The summed E-state index contributed by atoms with van der Waals surface area (Å²) in [4.78, 5) is 20.7. The van der Waals surface area contributed by atoms with Gasteiger partial charge in [0.15, 0.2) is 0 Å². The third kappa shape index (κ3) is 1.95. The summed E-state index contributed by atoms with van der Waals surface area (Å²) in [5.74, 6) is 0.744. The summed E-state index contributed by atoms with van der Waals surface area (Å²) in [5, 5.41) is 4.18. The normalized spacial score (nSPS) is 19.2. The Labute approximate surface area is 172 Å². The highest BCUT2D eigenvalue weighted by molar-refractivity contribution is 6.31. The molecule has 1 amide bonds. The fourth-order valence-electron chi connectivity index (χ4n) is 4.69. The van der Waals surface area contributed by atoms with Crippen LogP contribution in [0.3, 0.4) is 0 Å². The molecule has 6 heteroatoms. The molecule has 0 aliphatic carbocycles. The van der Waals surface area contributed by atoms with E-state index in [0.717, 1.165) is 39.4 Å². The van der Waals surface area contributed by atoms with Crippen LogP contribution in [0.1, 0.15) is 12.5 Å². The third-order valence-electron chi connectivity index (χ3n) is 5.89. The Balaban J connectivity index is 1.79. The first-order chi connectivity index (χ1) is 14.1. The van der Waals surface area contributed by atoms with Gasteiger partial charge in [0.05, 0.1) is 16.7 Å². The Bertz CT molecular complexity index is 1330. The predicted octanol–water partition coefficient (Wildman–Crippen LogP) is 4.85. The molecule has 1 aromatic heterocycles. The van der Waals surface area contributed by atoms with Crippen LogP contribution in [0, 0.1) is 0 Å². The Hall–Kier alpha value is -3.31. The molecule has 1 spiro atoms. The number of nitrogens with one attached hydrogen (secondary N) is 1. The van der Waals surface area contributed by atoms with Crippen LogP contribution in [0.4, 0.5) is 11.4 Å². The lowest BCUT2D eigenvalue weighted by Crippen LogP contribution is -2.53. The number of anilines is 2. The van der Waals surface area contributed by atoms with E-state index in [9.17, 15) is 4.79 Å². The van der Waals surface area contributed by atoms with Crippen LogP contribution >= 0.6 is 11.6 Å². The van der Waals surface area contributed by atoms with E-state index in [-0.39, 0.29) is 5.91 Å². The van der Waals surface area contributed by atoms with E-state index in [0.29, 0.717) is 11.6 Å². The molecule has 0 fully saturated rings. The summed E-state index contributed by atoms with van der Waals surface area (Å²) in [6, 6.07) is 21.6. The van der Waals surface area contributed by atoms with Crippen molar-refractivity contribution in [3.8, 4) is 11.4 Å². The number of likely N-dealkylation sites (N-methyl/N-ethyl adjacent to an activating group) is 1. The number of fused-ring (bicyclic) bond motifs is 8. The van der Waals surface area contributed by atoms with Crippen molar-refractivity contribution in [1.29, 1.82) is 0 Å². The topological polar surface area (TPSA) is 50.2 Å². The van der Waals surface area contributed by atoms with Crippen LogP contribution in [0.15, 0.2) is 66.7 Å². The second kappa shape index (κ2) is 5.61. The molecule has 1 atom stereocenters. The van der Waals surface area contributed by atoms with Gasteiger partial charge in [-0.15, -0.1) is 0 Å². The van der Waals surface area contributed by atoms with Gasteiger partial charge in [-0.25, -0.2) is 4.98 Å². The second-order valence-electron chi connectivity index (χ2n) is 7.35. The van der Waals surface area contributed by atoms with Crippen molar-refractivity contribution in [3.05, 3.63) is 77.3 Å². The van der Waals surface area contributed by atoms with E-state index in [1.807, 2.05) is 83.1 Å². The molecule has 3 heterocycles. The highest BCUT2D eigenvalue weighted by atomic mass is 35.5. The van der Waals surface area contributed by atoms with Crippen molar-refractivity contribution in [2.75, 3.05) is 16.8 Å². The first-order valence-corrected chi connectivity index (χ1v) is 10.0. The van der Waals surface area contributed by atoms with E-state index in [4.69, 9.17) is 16.6 Å². The van der Waals surface area contributed by atoms with Crippen molar-refractivity contribution < 1.29 is 4.79 Å². The van der Waals surface area contributed by atoms with Crippen LogP contribution in [-0.2, 0) is 10.5 Å². The molecule has 0 bridgehead atoms. The maximum Gasteiger partial charge on any atom is 0.279 e. The van der Waals surface area contributed by atoms with Crippen LogP contribution in [0.25, 0.3) is 22.4 Å². The lowest BCUT2D eigenvalue weighted by atomic mass is 9.95. The average Bonchev–Trinajstić information content (AvgIpc) is 3.24. The number of aromatic nitrogens is 2. The number of halogens is 1. The average molecular weight is 401 g/mol. The molecule has 0 saturated heterocycles. The molecule has 6 rings (SSSR count). The Morgan fingerprint density at radius 1 is 1.07 bits per heavy atom. The summed E-state index contributed by atoms with van der Waals surface area (Å²) in [6.07, 6.45) is 0. The van der Waals surface area contributed by atoms with Gasteiger partial charge in [-0.05, 0) is 49.4 Å². The van der Waals surface area contributed by atoms with Gasteiger partial charge in [-0.3, -0.25) is 9.36 Å². The number of carbonyl (C=O) groups is 1. The quantitative estimate of drug-likeness (QED) is 0.497. The van der Waals surface area contributed by atoms with E-state index in [1.165, 1.54) is 0 Å². The molecule has 1 unspecified atom stereocenters. The molecule has 3 aromatic carbocycles. The Kier molecular flexibility index (Phi) is 3.22. The van der Waals surface area contributed by atoms with Gasteiger partial charge in [-0.2, -0.15) is 0 Å². The minimum absolute atomic E-state index is 0.0313. The number of amides is 1. The SMILES string of the molecule is CCN1C(=O)C2(Nc3ccccc3-c3nc4ccccc4n32)c2cc(Cl)ccc21. The van der Waals surface area contributed by atoms with Crippen molar-refractivity contribution in [3.63, 3.8) is 0 Å². The molecule has 5 nitrogen and oxygen atoms in total. The molecule has 0 saturated carbocycles. The minimum Gasteiger partial charge on any atom is -0.350 e. The first kappa shape index (κ1) is 16.6. The zero-order chi connectivity index (χ0) is 19.8. The number of imidazole rings is 1. The van der Waals surface area contributed by atoms with Gasteiger partial charge in [0.2, 0.25) is 5.66 Å². The largest absolute Gasteiger partial charge is 0.350 e. The smallest absolute Gasteiger partial charge is 0.279 e. The minimum atomic E-state index is -1.13. The number of hydrogen-bond donors (Lipinski definition) is 1. The zero-order valence-corrected chi connectivity index (χ0v) is 16.4. The fourth-order valence-corrected chi connectivity index (χ4v) is 4.86. The van der Waals surface area contributed by atoms with Crippen LogP contribution in [0.5, 0.6) is 0 Å². The van der Waals surface area contributed by atoms with Gasteiger partial charge in [-0.1, -0.05) is 35.9 Å². The maximum absolute atomic E-state index is 14.0. The molecular formula is C23H17ClN4O. The lowest BCUT2D eigenvalue weighted by molar-refractivity contribution is -0.123. The van der Waals surface area contributed by atoms with Crippen molar-refractivity contribution in [2.24, 2.45) is 0 Å². The summed E-state index contributed by atoms with van der Waals surface area (Å²) in [5.41, 5.74) is 4.20. The number of nitrogens with zero attached hydrogens (tertiary/aromatic N) is 3. The molecule has 4 aromatic rings. The molecule has 2 aliphatic rings. The van der Waals surface area contributed by atoms with E-state index >= 15 is 0 Å². The molecule has 2 aliphatic heterocycles.